The van der Waals surface area contributed by atoms with Crippen molar-refractivity contribution in [1.29, 1.82) is 0 Å². The van der Waals surface area contributed by atoms with Gasteiger partial charge in [-0.1, -0.05) is 6.92 Å². The molecule has 0 aliphatic rings. The smallest absolute Gasteiger partial charge is 0.298 e. The summed E-state index contributed by atoms with van der Waals surface area (Å²) in [4.78, 5) is 33.2. The van der Waals surface area contributed by atoms with Gasteiger partial charge in [-0.05, 0) is 30.3 Å². The quantitative estimate of drug-likeness (QED) is 0.495. The number of rotatable bonds is 6. The average Bonchev–Trinajstić information content (AvgIpc) is 2.80. The first-order valence-corrected chi connectivity index (χ1v) is 6.95. The third-order valence-electron chi connectivity index (χ3n) is 2.70. The fraction of sp³-hybridized carbons (Fsp3) is 0.250. The van der Waals surface area contributed by atoms with Crippen molar-refractivity contribution in [1.82, 2.24) is 14.8 Å². The second kappa shape index (κ2) is 6.35. The molecule has 2 rings (SSSR count). The molecule has 9 heteroatoms. The largest absolute Gasteiger partial charge is 0.343 e. The number of aldehydes is 1. The van der Waals surface area contributed by atoms with E-state index in [0.717, 1.165) is 18.2 Å². The Morgan fingerprint density at radius 2 is 2.29 bits per heavy atom. The van der Waals surface area contributed by atoms with Gasteiger partial charge in [0, 0.05) is 17.5 Å². The van der Waals surface area contributed by atoms with Gasteiger partial charge < -0.3 is 0 Å². The number of benzene rings is 1. The molecule has 0 aliphatic heterocycles. The Bertz CT molecular complexity index is 737. The number of nitrogens with zero attached hydrogens (tertiary/aromatic N) is 3. The topological polar surface area (TPSA) is 111 Å². The van der Waals surface area contributed by atoms with E-state index < -0.39 is 4.92 Å². The van der Waals surface area contributed by atoms with Crippen LogP contribution in [0.4, 0.5) is 5.69 Å². The molecule has 0 saturated heterocycles. The number of nitrogens with one attached hydrogen (secondary N) is 1. The molecule has 0 aliphatic carbocycles. The SMILES string of the molecule is CCCn1c(Sc2ccc([N+](=O)[O-])c(C=O)c2)n[nH]c1=O. The molecule has 1 N–H and O–H groups in total. The molecule has 0 fully saturated rings. The van der Waals surface area contributed by atoms with Crippen molar-refractivity contribution in [3.8, 4) is 0 Å². The summed E-state index contributed by atoms with van der Waals surface area (Å²) in [6, 6.07) is 4.19. The van der Waals surface area contributed by atoms with Gasteiger partial charge in [0.25, 0.3) is 5.69 Å². The Morgan fingerprint density at radius 3 is 2.90 bits per heavy atom. The van der Waals surface area contributed by atoms with E-state index in [9.17, 15) is 19.7 Å². The number of hydrogen-bond donors (Lipinski definition) is 1. The van der Waals surface area contributed by atoms with Gasteiger partial charge in [0.1, 0.15) is 0 Å². The van der Waals surface area contributed by atoms with Crippen LogP contribution in [0, 0.1) is 10.1 Å². The van der Waals surface area contributed by atoms with Gasteiger partial charge in [-0.25, -0.2) is 9.89 Å². The number of hydrogen-bond acceptors (Lipinski definition) is 6. The summed E-state index contributed by atoms with van der Waals surface area (Å²) in [6.45, 7) is 2.45. The monoisotopic (exact) mass is 308 g/mol. The van der Waals surface area contributed by atoms with Crippen LogP contribution in [-0.2, 0) is 6.54 Å². The number of aromatic amines is 1. The summed E-state index contributed by atoms with van der Waals surface area (Å²) in [5.74, 6) is 0. The van der Waals surface area contributed by atoms with Crippen molar-refractivity contribution in [3.05, 3.63) is 44.4 Å². The zero-order valence-corrected chi connectivity index (χ0v) is 11.9. The van der Waals surface area contributed by atoms with Gasteiger partial charge in [0.2, 0.25) is 0 Å². The van der Waals surface area contributed by atoms with Crippen LogP contribution in [-0.4, -0.2) is 26.0 Å². The van der Waals surface area contributed by atoms with E-state index in [1.165, 1.54) is 22.8 Å². The predicted molar refractivity (Wildman–Crippen MR) is 75.7 cm³/mol. The third kappa shape index (κ3) is 3.19. The summed E-state index contributed by atoms with van der Waals surface area (Å²) >= 11 is 1.16. The molecular weight excluding hydrogens is 296 g/mol. The van der Waals surface area contributed by atoms with Crippen molar-refractivity contribution in [2.45, 2.75) is 29.9 Å². The first-order valence-electron chi connectivity index (χ1n) is 6.13. The van der Waals surface area contributed by atoms with Crippen molar-refractivity contribution in [3.63, 3.8) is 0 Å². The number of H-pyrrole nitrogens is 1. The van der Waals surface area contributed by atoms with Gasteiger partial charge in [-0.15, -0.1) is 5.10 Å². The maximum absolute atomic E-state index is 11.6. The summed E-state index contributed by atoms with van der Waals surface area (Å²) in [7, 11) is 0. The predicted octanol–water partition coefficient (Wildman–Crippen LogP) is 1.85. The molecule has 0 amide bonds. The minimum absolute atomic E-state index is 0.00933. The van der Waals surface area contributed by atoms with Crippen LogP contribution < -0.4 is 5.69 Å². The van der Waals surface area contributed by atoms with Crippen molar-refractivity contribution >= 4 is 23.7 Å². The van der Waals surface area contributed by atoms with Gasteiger partial charge >= 0.3 is 5.69 Å². The molecule has 0 bridgehead atoms. The van der Waals surface area contributed by atoms with Gasteiger partial charge in [-0.3, -0.25) is 19.5 Å². The van der Waals surface area contributed by atoms with Crippen molar-refractivity contribution in [2.24, 2.45) is 0 Å². The number of aromatic nitrogens is 3. The van der Waals surface area contributed by atoms with Gasteiger partial charge in [-0.2, -0.15) is 0 Å². The zero-order chi connectivity index (χ0) is 15.4. The maximum Gasteiger partial charge on any atom is 0.343 e. The molecule has 0 radical (unpaired) electrons. The van der Waals surface area contributed by atoms with E-state index in [1.807, 2.05) is 6.92 Å². The van der Waals surface area contributed by atoms with Crippen LogP contribution in [0.2, 0.25) is 0 Å². The second-order valence-electron chi connectivity index (χ2n) is 4.16. The minimum atomic E-state index is -0.611. The molecule has 0 unspecified atom stereocenters. The average molecular weight is 308 g/mol. The molecule has 1 aromatic carbocycles. The van der Waals surface area contributed by atoms with E-state index >= 15 is 0 Å². The second-order valence-corrected chi connectivity index (χ2v) is 5.20. The standard InChI is InChI=1S/C12H12N4O4S/c1-2-5-15-11(18)13-14-12(15)21-9-3-4-10(16(19)20)8(6-9)7-17/h3-4,6-7H,2,5H2,1H3,(H,13,18). The number of carbonyl (C=O) groups excluding carboxylic acids is 1. The van der Waals surface area contributed by atoms with Crippen LogP contribution >= 0.6 is 11.8 Å². The van der Waals surface area contributed by atoms with Crippen molar-refractivity contribution < 1.29 is 9.72 Å². The lowest BCUT2D eigenvalue weighted by Crippen LogP contribution is -2.17. The Morgan fingerprint density at radius 1 is 1.52 bits per heavy atom. The first kappa shape index (κ1) is 15.0. The van der Waals surface area contributed by atoms with E-state index in [-0.39, 0.29) is 16.9 Å². The Kier molecular flexibility index (Phi) is 4.53. The van der Waals surface area contributed by atoms with Crippen LogP contribution in [0.25, 0.3) is 0 Å². The minimum Gasteiger partial charge on any atom is -0.298 e. The van der Waals surface area contributed by atoms with E-state index in [2.05, 4.69) is 10.2 Å². The zero-order valence-electron chi connectivity index (χ0n) is 11.1. The lowest BCUT2D eigenvalue weighted by Gasteiger charge is -2.04. The molecule has 2 aromatic rings. The Balaban J connectivity index is 2.34. The van der Waals surface area contributed by atoms with Crippen LogP contribution in [0.3, 0.4) is 0 Å². The molecule has 0 spiro atoms. The maximum atomic E-state index is 11.6. The highest BCUT2D eigenvalue weighted by atomic mass is 32.2. The molecule has 0 saturated carbocycles. The Hall–Kier alpha value is -2.42. The van der Waals surface area contributed by atoms with Crippen LogP contribution in [0.1, 0.15) is 23.7 Å². The van der Waals surface area contributed by atoms with E-state index in [0.29, 0.717) is 22.9 Å². The third-order valence-corrected chi connectivity index (χ3v) is 3.69. The highest BCUT2D eigenvalue weighted by Crippen LogP contribution is 2.29. The fourth-order valence-corrected chi connectivity index (χ4v) is 2.67. The summed E-state index contributed by atoms with van der Waals surface area (Å²) in [5, 5.41) is 17.5. The van der Waals surface area contributed by atoms with Crippen LogP contribution in [0.5, 0.6) is 0 Å². The number of carbonyl (C=O) groups is 1. The molecule has 1 aromatic heterocycles. The molecule has 0 atom stereocenters. The fourth-order valence-electron chi connectivity index (χ4n) is 1.76. The molecule has 21 heavy (non-hydrogen) atoms. The first-order chi connectivity index (χ1) is 10.1. The highest BCUT2D eigenvalue weighted by molar-refractivity contribution is 7.99. The highest BCUT2D eigenvalue weighted by Gasteiger charge is 2.15. The normalized spacial score (nSPS) is 10.5. The van der Waals surface area contributed by atoms with Gasteiger partial charge in [0.15, 0.2) is 11.4 Å². The van der Waals surface area contributed by atoms with Crippen LogP contribution in [0.15, 0.2) is 33.0 Å². The summed E-state index contributed by atoms with van der Waals surface area (Å²) < 4.78 is 1.48. The number of nitro groups is 1. The van der Waals surface area contributed by atoms with Gasteiger partial charge in [0.05, 0.1) is 10.5 Å². The van der Waals surface area contributed by atoms with Crippen molar-refractivity contribution in [2.75, 3.05) is 0 Å². The number of nitro benzene ring substituents is 1. The molecule has 110 valence electrons. The lowest BCUT2D eigenvalue weighted by molar-refractivity contribution is -0.385. The Labute approximate surface area is 123 Å². The van der Waals surface area contributed by atoms with E-state index in [4.69, 9.17) is 0 Å². The molecule has 8 nitrogen and oxygen atoms in total. The molecule has 1 heterocycles. The summed E-state index contributed by atoms with van der Waals surface area (Å²) in [5.41, 5.74) is -0.566. The molecular formula is C12H12N4O4S. The van der Waals surface area contributed by atoms with E-state index in [1.54, 1.807) is 0 Å². The lowest BCUT2D eigenvalue weighted by atomic mass is 10.2. The summed E-state index contributed by atoms with van der Waals surface area (Å²) in [6.07, 6.45) is 1.21.